The monoisotopic (exact) mass is 163 g/mol. The molecule has 0 aliphatic heterocycles. The standard InChI is InChI=1S/C5H2F3N2O/c6-5(7,8)4-9-1-3(11)2-10-4/h1-2H. The van der Waals surface area contributed by atoms with Gasteiger partial charge < -0.3 is 0 Å². The molecule has 0 unspecified atom stereocenters. The lowest BCUT2D eigenvalue weighted by molar-refractivity contribution is -0.145. The highest BCUT2D eigenvalue weighted by Gasteiger charge is 2.34. The molecule has 0 aliphatic carbocycles. The largest absolute Gasteiger partial charge is 0.451 e. The van der Waals surface area contributed by atoms with Gasteiger partial charge >= 0.3 is 6.18 Å². The predicted octanol–water partition coefficient (Wildman–Crippen LogP) is 1.64. The third-order valence-electron chi connectivity index (χ3n) is 0.882. The Hall–Kier alpha value is -1.33. The van der Waals surface area contributed by atoms with E-state index in [9.17, 15) is 18.3 Å². The van der Waals surface area contributed by atoms with Crippen molar-refractivity contribution in [3.05, 3.63) is 18.2 Å². The molecule has 0 saturated heterocycles. The van der Waals surface area contributed by atoms with Gasteiger partial charge in [0.1, 0.15) is 0 Å². The SMILES string of the molecule is [O]c1cnc(C(F)(F)F)nc1. The van der Waals surface area contributed by atoms with Crippen molar-refractivity contribution in [3.63, 3.8) is 0 Å². The van der Waals surface area contributed by atoms with Crippen molar-refractivity contribution in [2.24, 2.45) is 0 Å². The van der Waals surface area contributed by atoms with Crippen LogP contribution < -0.4 is 0 Å². The maximum atomic E-state index is 11.7. The van der Waals surface area contributed by atoms with Crippen LogP contribution in [0.5, 0.6) is 5.75 Å². The summed E-state index contributed by atoms with van der Waals surface area (Å²) in [6, 6.07) is 0. The predicted molar refractivity (Wildman–Crippen MR) is 27.2 cm³/mol. The molecule has 1 radical (unpaired) electrons. The highest BCUT2D eigenvalue weighted by atomic mass is 19.4. The quantitative estimate of drug-likeness (QED) is 0.583. The van der Waals surface area contributed by atoms with Gasteiger partial charge in [-0.1, -0.05) is 0 Å². The molecule has 59 valence electrons. The third kappa shape index (κ3) is 1.79. The Bertz CT molecular complexity index is 243. The number of hydrogen-bond acceptors (Lipinski definition) is 2. The Morgan fingerprint density at radius 3 is 2.00 bits per heavy atom. The van der Waals surface area contributed by atoms with Crippen LogP contribution in [0, 0.1) is 0 Å². The molecule has 1 rings (SSSR count). The molecule has 1 aromatic heterocycles. The number of nitrogens with zero attached hydrogens (tertiary/aromatic N) is 2. The Morgan fingerprint density at radius 1 is 1.18 bits per heavy atom. The van der Waals surface area contributed by atoms with Gasteiger partial charge in [0.15, 0.2) is 0 Å². The highest BCUT2D eigenvalue weighted by Crippen LogP contribution is 2.25. The van der Waals surface area contributed by atoms with E-state index in [0.717, 1.165) is 0 Å². The molecule has 3 nitrogen and oxygen atoms in total. The van der Waals surface area contributed by atoms with E-state index < -0.39 is 17.8 Å². The van der Waals surface area contributed by atoms with E-state index in [1.165, 1.54) is 0 Å². The summed E-state index contributed by atoms with van der Waals surface area (Å²) in [5.74, 6) is -1.94. The van der Waals surface area contributed by atoms with Crippen LogP contribution in [0.4, 0.5) is 13.2 Å². The summed E-state index contributed by atoms with van der Waals surface area (Å²) in [6.07, 6.45) is -3.42. The fraction of sp³-hybridized carbons (Fsp3) is 0.200. The van der Waals surface area contributed by atoms with E-state index in [-0.39, 0.29) is 0 Å². The molecule has 0 saturated carbocycles. The molecule has 0 atom stereocenters. The fourth-order valence-electron chi connectivity index (χ4n) is 0.463. The minimum atomic E-state index is -4.58. The smallest absolute Gasteiger partial charge is 0.286 e. The summed E-state index contributed by atoms with van der Waals surface area (Å²) in [7, 11) is 0. The van der Waals surface area contributed by atoms with Gasteiger partial charge in [0.2, 0.25) is 11.6 Å². The van der Waals surface area contributed by atoms with Crippen LogP contribution >= 0.6 is 0 Å². The number of halogens is 3. The Balaban J connectivity index is 2.99. The zero-order valence-corrected chi connectivity index (χ0v) is 5.09. The third-order valence-corrected chi connectivity index (χ3v) is 0.882. The molecular formula is C5H2F3N2O. The van der Waals surface area contributed by atoms with Crippen LogP contribution in [0.25, 0.3) is 0 Å². The number of aromatic nitrogens is 2. The molecule has 0 spiro atoms. The molecule has 0 amide bonds. The van der Waals surface area contributed by atoms with E-state index in [4.69, 9.17) is 0 Å². The molecule has 0 N–H and O–H groups in total. The maximum Gasteiger partial charge on any atom is 0.451 e. The zero-order valence-electron chi connectivity index (χ0n) is 5.09. The molecule has 0 bridgehead atoms. The second kappa shape index (κ2) is 2.37. The lowest BCUT2D eigenvalue weighted by Crippen LogP contribution is -2.09. The number of alkyl halides is 3. The van der Waals surface area contributed by atoms with Crippen LogP contribution in [0.1, 0.15) is 5.82 Å². The van der Waals surface area contributed by atoms with Gasteiger partial charge in [-0.05, 0) is 0 Å². The summed E-state index contributed by atoms with van der Waals surface area (Å²) in [5, 5.41) is 10.3. The van der Waals surface area contributed by atoms with Crippen LogP contribution in [-0.4, -0.2) is 9.97 Å². The lowest BCUT2D eigenvalue weighted by atomic mass is 10.5. The summed E-state index contributed by atoms with van der Waals surface area (Å²) >= 11 is 0. The van der Waals surface area contributed by atoms with E-state index in [0.29, 0.717) is 12.4 Å². The van der Waals surface area contributed by atoms with Crippen molar-refractivity contribution in [3.8, 4) is 5.75 Å². The van der Waals surface area contributed by atoms with E-state index in [1.807, 2.05) is 0 Å². The average Bonchev–Trinajstić information content (AvgIpc) is 1.86. The van der Waals surface area contributed by atoms with Crippen molar-refractivity contribution < 1.29 is 18.3 Å². The van der Waals surface area contributed by atoms with Gasteiger partial charge in [0.25, 0.3) is 0 Å². The van der Waals surface area contributed by atoms with Gasteiger partial charge in [0.05, 0.1) is 12.4 Å². The molecular weight excluding hydrogens is 161 g/mol. The van der Waals surface area contributed by atoms with E-state index in [1.54, 1.807) is 0 Å². The first-order valence-corrected chi connectivity index (χ1v) is 2.56. The van der Waals surface area contributed by atoms with Gasteiger partial charge in [-0.3, -0.25) is 5.11 Å². The lowest BCUT2D eigenvalue weighted by Gasteiger charge is -2.01. The molecule has 1 aromatic rings. The highest BCUT2D eigenvalue weighted by molar-refractivity contribution is 5.10. The molecule has 0 aromatic carbocycles. The first kappa shape index (κ1) is 7.77. The molecule has 0 aliphatic rings. The Morgan fingerprint density at radius 2 is 1.64 bits per heavy atom. The second-order valence-electron chi connectivity index (χ2n) is 1.74. The van der Waals surface area contributed by atoms with Gasteiger partial charge in [-0.15, -0.1) is 0 Å². The van der Waals surface area contributed by atoms with Crippen molar-refractivity contribution in [2.75, 3.05) is 0 Å². The van der Waals surface area contributed by atoms with Crippen molar-refractivity contribution in [1.29, 1.82) is 0 Å². The maximum absolute atomic E-state index is 11.7. The number of rotatable bonds is 0. The number of hydrogen-bond donors (Lipinski definition) is 0. The molecule has 0 fully saturated rings. The molecule has 1 heterocycles. The van der Waals surface area contributed by atoms with Crippen LogP contribution in [0.15, 0.2) is 12.4 Å². The van der Waals surface area contributed by atoms with Gasteiger partial charge in [-0.2, -0.15) is 13.2 Å². The topological polar surface area (TPSA) is 45.7 Å². The van der Waals surface area contributed by atoms with Gasteiger partial charge in [0, 0.05) is 0 Å². The fourth-order valence-corrected chi connectivity index (χ4v) is 0.463. The van der Waals surface area contributed by atoms with E-state index >= 15 is 0 Å². The molecule has 11 heavy (non-hydrogen) atoms. The van der Waals surface area contributed by atoms with E-state index in [2.05, 4.69) is 9.97 Å². The van der Waals surface area contributed by atoms with Gasteiger partial charge in [-0.25, -0.2) is 9.97 Å². The Labute approximate surface area is 59.5 Å². The minimum absolute atomic E-state index is 0.579. The summed E-state index contributed by atoms with van der Waals surface area (Å²) in [6.45, 7) is 0. The van der Waals surface area contributed by atoms with Crippen LogP contribution in [0.2, 0.25) is 0 Å². The normalized spacial score (nSPS) is 11.5. The van der Waals surface area contributed by atoms with Crippen molar-refractivity contribution >= 4 is 0 Å². The minimum Gasteiger partial charge on any atom is -0.286 e. The first-order chi connectivity index (χ1) is 5.00. The molecule has 6 heteroatoms. The first-order valence-electron chi connectivity index (χ1n) is 2.56. The van der Waals surface area contributed by atoms with Crippen LogP contribution in [0.3, 0.4) is 0 Å². The summed E-state index contributed by atoms with van der Waals surface area (Å²) in [5.41, 5.74) is 0. The summed E-state index contributed by atoms with van der Waals surface area (Å²) < 4.78 is 35.1. The zero-order chi connectivity index (χ0) is 8.48. The van der Waals surface area contributed by atoms with Crippen LogP contribution in [-0.2, 0) is 11.3 Å². The van der Waals surface area contributed by atoms with Crippen molar-refractivity contribution in [2.45, 2.75) is 6.18 Å². The average molecular weight is 163 g/mol. The second-order valence-corrected chi connectivity index (χ2v) is 1.74. The summed E-state index contributed by atoms with van der Waals surface area (Å²) in [4.78, 5) is 5.60. The Kier molecular flexibility index (Phi) is 1.67. The van der Waals surface area contributed by atoms with Crippen molar-refractivity contribution in [1.82, 2.24) is 9.97 Å².